The number of carbonyl (C=O) groups excluding carboxylic acids is 1. The van der Waals surface area contributed by atoms with Crippen LogP contribution in [0.5, 0.6) is 5.75 Å². The molecule has 1 heterocycles. The average Bonchev–Trinajstić information content (AvgIpc) is 2.61. The maximum absolute atomic E-state index is 13.9. The van der Waals surface area contributed by atoms with Crippen molar-refractivity contribution in [1.82, 2.24) is 4.90 Å². The number of rotatable bonds is 5. The highest BCUT2D eigenvalue weighted by Gasteiger charge is 2.25. The number of thioether (sulfide) groups is 1. The zero-order valence-electron chi connectivity index (χ0n) is 14.2. The number of fused-ring (bicyclic) bond motifs is 1. The molecule has 0 saturated heterocycles. The van der Waals surface area contributed by atoms with Crippen molar-refractivity contribution >= 4 is 17.7 Å². The third kappa shape index (κ3) is 4.32. The molecule has 2 aromatic carbocycles. The van der Waals surface area contributed by atoms with Gasteiger partial charge in [-0.2, -0.15) is 0 Å². The van der Waals surface area contributed by atoms with Crippen LogP contribution < -0.4 is 4.74 Å². The Balaban J connectivity index is 1.77. The van der Waals surface area contributed by atoms with Crippen molar-refractivity contribution in [2.24, 2.45) is 0 Å². The van der Waals surface area contributed by atoms with Gasteiger partial charge in [0.15, 0.2) is 0 Å². The number of nitrogens with zero attached hydrogens (tertiary/aromatic N) is 1. The summed E-state index contributed by atoms with van der Waals surface area (Å²) in [5, 5.41) is 0. The van der Waals surface area contributed by atoms with E-state index in [0.717, 1.165) is 11.1 Å². The van der Waals surface area contributed by atoms with Gasteiger partial charge < -0.3 is 14.4 Å². The zero-order valence-corrected chi connectivity index (χ0v) is 15.0. The van der Waals surface area contributed by atoms with Gasteiger partial charge in [0.1, 0.15) is 11.6 Å². The van der Waals surface area contributed by atoms with E-state index in [2.05, 4.69) is 0 Å². The van der Waals surface area contributed by atoms with E-state index in [1.165, 1.54) is 23.9 Å². The van der Waals surface area contributed by atoms with Crippen LogP contribution in [0.3, 0.4) is 0 Å². The second-order valence-electron chi connectivity index (χ2n) is 6.01. The molecule has 4 nitrogen and oxygen atoms in total. The van der Waals surface area contributed by atoms with Gasteiger partial charge in [0.2, 0.25) is 12.2 Å². The van der Waals surface area contributed by atoms with Gasteiger partial charge in [-0.1, -0.05) is 30.3 Å². The van der Waals surface area contributed by atoms with Crippen LogP contribution in [0.15, 0.2) is 42.5 Å². The molecule has 132 valence electrons. The molecule has 0 unspecified atom stereocenters. The van der Waals surface area contributed by atoms with Crippen LogP contribution in [-0.4, -0.2) is 30.7 Å². The highest BCUT2D eigenvalue weighted by atomic mass is 32.2. The Morgan fingerprint density at radius 2 is 2.04 bits per heavy atom. The maximum Gasteiger partial charge on any atom is 0.232 e. The number of amides is 1. The van der Waals surface area contributed by atoms with Crippen LogP contribution in [0.2, 0.25) is 0 Å². The van der Waals surface area contributed by atoms with E-state index in [-0.39, 0.29) is 11.7 Å². The van der Waals surface area contributed by atoms with Crippen LogP contribution in [-0.2, 0) is 21.9 Å². The molecule has 0 bridgehead atoms. The SMILES string of the molecule is CN(C)C(=O)CSCc1cc(F)cc2c1O[C@H](c1ccccc1)OC2. The summed E-state index contributed by atoms with van der Waals surface area (Å²) >= 11 is 1.44. The molecule has 0 spiro atoms. The quantitative estimate of drug-likeness (QED) is 0.813. The molecule has 0 N–H and O–H groups in total. The maximum atomic E-state index is 13.9. The minimum atomic E-state index is -0.508. The van der Waals surface area contributed by atoms with E-state index in [4.69, 9.17) is 9.47 Å². The van der Waals surface area contributed by atoms with Crippen LogP contribution in [0.1, 0.15) is 23.0 Å². The first kappa shape index (κ1) is 17.8. The summed E-state index contributed by atoms with van der Waals surface area (Å²) in [5.41, 5.74) is 2.36. The highest BCUT2D eigenvalue weighted by molar-refractivity contribution is 7.99. The first-order chi connectivity index (χ1) is 12.0. The van der Waals surface area contributed by atoms with Gasteiger partial charge in [0, 0.05) is 36.5 Å². The van der Waals surface area contributed by atoms with E-state index in [9.17, 15) is 9.18 Å². The van der Waals surface area contributed by atoms with Crippen LogP contribution in [0.4, 0.5) is 4.39 Å². The molecule has 1 amide bonds. The average molecular weight is 361 g/mol. The van der Waals surface area contributed by atoms with Gasteiger partial charge >= 0.3 is 0 Å². The first-order valence-electron chi connectivity index (χ1n) is 7.97. The molecule has 1 aliphatic heterocycles. The van der Waals surface area contributed by atoms with Crippen molar-refractivity contribution in [1.29, 1.82) is 0 Å². The Kier molecular flexibility index (Phi) is 5.60. The summed E-state index contributed by atoms with van der Waals surface area (Å²) in [7, 11) is 3.44. The van der Waals surface area contributed by atoms with Gasteiger partial charge in [-0.05, 0) is 12.1 Å². The van der Waals surface area contributed by atoms with E-state index in [1.807, 2.05) is 30.3 Å². The van der Waals surface area contributed by atoms with Crippen LogP contribution >= 0.6 is 11.8 Å². The molecule has 0 saturated carbocycles. The normalized spacial score (nSPS) is 16.0. The number of halogens is 1. The van der Waals surface area contributed by atoms with Crippen molar-refractivity contribution in [3.8, 4) is 5.75 Å². The van der Waals surface area contributed by atoms with E-state index < -0.39 is 6.29 Å². The first-order valence-corrected chi connectivity index (χ1v) is 9.12. The molecule has 3 rings (SSSR count). The van der Waals surface area contributed by atoms with E-state index in [0.29, 0.717) is 29.4 Å². The topological polar surface area (TPSA) is 38.8 Å². The van der Waals surface area contributed by atoms with Gasteiger partial charge in [-0.25, -0.2) is 4.39 Å². The Morgan fingerprint density at radius 3 is 2.76 bits per heavy atom. The number of benzene rings is 2. The minimum Gasteiger partial charge on any atom is -0.460 e. The third-order valence-corrected chi connectivity index (χ3v) is 4.84. The smallest absolute Gasteiger partial charge is 0.232 e. The zero-order chi connectivity index (χ0) is 17.8. The molecule has 0 aliphatic carbocycles. The summed E-state index contributed by atoms with van der Waals surface area (Å²) in [5.74, 6) is 1.21. The molecule has 1 aliphatic rings. The second kappa shape index (κ2) is 7.89. The lowest BCUT2D eigenvalue weighted by Gasteiger charge is -2.28. The van der Waals surface area contributed by atoms with Gasteiger partial charge in [-0.15, -0.1) is 11.8 Å². The molecular weight excluding hydrogens is 341 g/mol. The largest absolute Gasteiger partial charge is 0.460 e. The molecule has 25 heavy (non-hydrogen) atoms. The Labute approximate surface area is 150 Å². The van der Waals surface area contributed by atoms with Crippen molar-refractivity contribution in [3.63, 3.8) is 0 Å². The third-order valence-electron chi connectivity index (χ3n) is 3.88. The van der Waals surface area contributed by atoms with Crippen LogP contribution in [0.25, 0.3) is 0 Å². The summed E-state index contributed by atoms with van der Waals surface area (Å²) in [6.07, 6.45) is -0.508. The fourth-order valence-electron chi connectivity index (χ4n) is 2.54. The Hall–Kier alpha value is -2.05. The van der Waals surface area contributed by atoms with Crippen LogP contribution in [0, 0.1) is 5.82 Å². The van der Waals surface area contributed by atoms with Crippen molar-refractivity contribution < 1.29 is 18.7 Å². The highest BCUT2D eigenvalue weighted by Crippen LogP contribution is 2.37. The number of hydrogen-bond acceptors (Lipinski definition) is 4. The fourth-order valence-corrected chi connectivity index (χ4v) is 3.51. The molecule has 0 aromatic heterocycles. The summed E-state index contributed by atoms with van der Waals surface area (Å²) in [4.78, 5) is 13.3. The lowest BCUT2D eigenvalue weighted by molar-refractivity contribution is -0.125. The molecule has 6 heteroatoms. The molecular formula is C19H20FNO3S. The monoisotopic (exact) mass is 361 g/mol. The summed E-state index contributed by atoms with van der Waals surface area (Å²) in [6.45, 7) is 0.293. The van der Waals surface area contributed by atoms with Crippen molar-refractivity contribution in [2.45, 2.75) is 18.6 Å². The van der Waals surface area contributed by atoms with Crippen molar-refractivity contribution in [3.05, 3.63) is 65.0 Å². The molecule has 0 radical (unpaired) electrons. The fraction of sp³-hybridized carbons (Fsp3) is 0.316. The molecule has 1 atom stereocenters. The number of ether oxygens (including phenoxy) is 2. The van der Waals surface area contributed by atoms with E-state index >= 15 is 0 Å². The van der Waals surface area contributed by atoms with E-state index in [1.54, 1.807) is 19.0 Å². The standard InChI is InChI=1S/C19H20FNO3S/c1-21(2)17(22)12-25-11-15-9-16(20)8-14-10-23-19(24-18(14)15)13-6-4-3-5-7-13/h3-9,19H,10-12H2,1-2H3/t19-/m1/s1. The number of carbonyl (C=O) groups is 1. The summed E-state index contributed by atoms with van der Waals surface area (Å²) < 4.78 is 25.6. The molecule has 2 aromatic rings. The van der Waals surface area contributed by atoms with Gasteiger partial charge in [0.25, 0.3) is 0 Å². The van der Waals surface area contributed by atoms with Gasteiger partial charge in [0.05, 0.1) is 12.4 Å². The predicted octanol–water partition coefficient (Wildman–Crippen LogP) is 3.75. The Morgan fingerprint density at radius 1 is 1.28 bits per heavy atom. The van der Waals surface area contributed by atoms with Crippen molar-refractivity contribution in [2.75, 3.05) is 19.8 Å². The second-order valence-corrected chi connectivity index (χ2v) is 6.99. The lowest BCUT2D eigenvalue weighted by Crippen LogP contribution is -2.23. The summed E-state index contributed by atoms with van der Waals surface area (Å²) in [6, 6.07) is 12.6. The lowest BCUT2D eigenvalue weighted by atomic mass is 10.1. The minimum absolute atomic E-state index is 0.0293. The Bertz CT molecular complexity index is 752. The number of hydrogen-bond donors (Lipinski definition) is 0. The predicted molar refractivity (Wildman–Crippen MR) is 95.9 cm³/mol. The molecule has 0 fully saturated rings. The van der Waals surface area contributed by atoms with Gasteiger partial charge in [-0.3, -0.25) is 4.79 Å².